The van der Waals surface area contributed by atoms with Gasteiger partial charge in [-0.05, 0) is 49.4 Å². The third-order valence-electron chi connectivity index (χ3n) is 3.82. The molecule has 0 aliphatic heterocycles. The van der Waals surface area contributed by atoms with Crippen LogP contribution in [0.25, 0.3) is 0 Å². The molecule has 2 heterocycles. The molecular formula is C16H17N3O3S. The number of aryl methyl sites for hydroxylation is 2. The summed E-state index contributed by atoms with van der Waals surface area (Å²) in [5.74, 6) is -0.998. The third kappa shape index (κ3) is 3.50. The zero-order chi connectivity index (χ0) is 16.2. The van der Waals surface area contributed by atoms with Crippen molar-refractivity contribution < 1.29 is 9.59 Å². The number of hydrogen-bond acceptors (Lipinski definition) is 4. The van der Waals surface area contributed by atoms with E-state index in [0.717, 1.165) is 25.7 Å². The number of hydrazine groups is 1. The highest BCUT2D eigenvalue weighted by atomic mass is 32.1. The molecule has 2 amide bonds. The van der Waals surface area contributed by atoms with Crippen molar-refractivity contribution >= 4 is 23.2 Å². The molecule has 0 atom stereocenters. The molecule has 0 radical (unpaired) electrons. The van der Waals surface area contributed by atoms with Crippen molar-refractivity contribution in [2.45, 2.75) is 32.1 Å². The molecule has 6 nitrogen and oxygen atoms in total. The summed E-state index contributed by atoms with van der Waals surface area (Å²) in [5, 5.41) is 0. The summed E-state index contributed by atoms with van der Waals surface area (Å²) < 4.78 is 0. The average Bonchev–Trinajstić information content (AvgIpc) is 2.84. The van der Waals surface area contributed by atoms with E-state index in [1.165, 1.54) is 40.5 Å². The molecule has 0 saturated carbocycles. The van der Waals surface area contributed by atoms with Gasteiger partial charge < -0.3 is 4.98 Å². The van der Waals surface area contributed by atoms with Crippen molar-refractivity contribution in [2.75, 3.05) is 0 Å². The second kappa shape index (κ2) is 6.78. The highest BCUT2D eigenvalue weighted by molar-refractivity contribution is 7.14. The summed E-state index contributed by atoms with van der Waals surface area (Å²) in [6.07, 6.45) is 6.99. The van der Waals surface area contributed by atoms with Crippen LogP contribution < -0.4 is 16.4 Å². The molecule has 0 saturated heterocycles. The minimum Gasteiger partial charge on any atom is -0.328 e. The standard InChI is InChI=1S/C16H17N3O3S/c20-14-11(6-4-8-17-14)15(21)18-19-16(22)13-9-10-5-2-1-3-7-12(10)23-13/h4,6,8-9H,1-3,5,7H2,(H,17,20)(H,18,21)(H,19,22). The van der Waals surface area contributed by atoms with Gasteiger partial charge in [0.25, 0.3) is 17.4 Å². The van der Waals surface area contributed by atoms with Gasteiger partial charge in [0.15, 0.2) is 0 Å². The number of fused-ring (bicyclic) bond motifs is 1. The summed E-state index contributed by atoms with van der Waals surface area (Å²) in [4.78, 5) is 39.8. The van der Waals surface area contributed by atoms with E-state index in [9.17, 15) is 14.4 Å². The van der Waals surface area contributed by atoms with Gasteiger partial charge in [-0.3, -0.25) is 25.2 Å². The van der Waals surface area contributed by atoms with Crippen LogP contribution in [0, 0.1) is 0 Å². The number of carbonyl (C=O) groups is 2. The number of amides is 2. The van der Waals surface area contributed by atoms with Crippen molar-refractivity contribution in [3.05, 3.63) is 55.6 Å². The Hall–Kier alpha value is -2.41. The van der Waals surface area contributed by atoms with Gasteiger partial charge in [0.1, 0.15) is 5.56 Å². The lowest BCUT2D eigenvalue weighted by molar-refractivity contribution is 0.0848. The lowest BCUT2D eigenvalue weighted by Gasteiger charge is -2.05. The van der Waals surface area contributed by atoms with Gasteiger partial charge in [0.2, 0.25) is 0 Å². The molecule has 1 aliphatic rings. The molecule has 0 bridgehead atoms. The molecule has 0 unspecified atom stereocenters. The van der Waals surface area contributed by atoms with Crippen molar-refractivity contribution in [2.24, 2.45) is 0 Å². The van der Waals surface area contributed by atoms with Crippen LogP contribution in [0.5, 0.6) is 0 Å². The summed E-state index contributed by atoms with van der Waals surface area (Å²) in [6, 6.07) is 4.85. The van der Waals surface area contributed by atoms with E-state index in [-0.39, 0.29) is 11.5 Å². The fourth-order valence-electron chi connectivity index (χ4n) is 2.62. The topological polar surface area (TPSA) is 91.1 Å². The van der Waals surface area contributed by atoms with E-state index in [1.54, 1.807) is 6.07 Å². The van der Waals surface area contributed by atoms with Crippen LogP contribution in [0.4, 0.5) is 0 Å². The predicted octanol–water partition coefficient (Wildman–Crippen LogP) is 1.78. The number of hydrogen-bond donors (Lipinski definition) is 3. The fraction of sp³-hybridized carbons (Fsp3) is 0.312. The fourth-order valence-corrected chi connectivity index (χ4v) is 3.77. The smallest absolute Gasteiger partial charge is 0.279 e. The number of carbonyl (C=O) groups excluding carboxylic acids is 2. The Morgan fingerprint density at radius 1 is 1.09 bits per heavy atom. The van der Waals surface area contributed by atoms with Crippen molar-refractivity contribution in [1.29, 1.82) is 0 Å². The molecule has 3 N–H and O–H groups in total. The lowest BCUT2D eigenvalue weighted by Crippen LogP contribution is -2.43. The van der Waals surface area contributed by atoms with Gasteiger partial charge in [-0.2, -0.15) is 0 Å². The van der Waals surface area contributed by atoms with Crippen molar-refractivity contribution in [3.63, 3.8) is 0 Å². The molecule has 2 aromatic heterocycles. The monoisotopic (exact) mass is 331 g/mol. The highest BCUT2D eigenvalue weighted by Gasteiger charge is 2.17. The highest BCUT2D eigenvalue weighted by Crippen LogP contribution is 2.28. The molecule has 0 fully saturated rings. The number of thiophene rings is 1. The summed E-state index contributed by atoms with van der Waals surface area (Å²) in [7, 11) is 0. The van der Waals surface area contributed by atoms with E-state index in [1.807, 2.05) is 6.07 Å². The first-order chi connectivity index (χ1) is 11.1. The van der Waals surface area contributed by atoms with Crippen LogP contribution in [0.1, 0.15) is 49.7 Å². The normalized spacial score (nSPS) is 13.7. The van der Waals surface area contributed by atoms with Gasteiger partial charge in [0, 0.05) is 11.1 Å². The first-order valence-electron chi connectivity index (χ1n) is 7.55. The molecule has 3 rings (SSSR count). The van der Waals surface area contributed by atoms with Crippen LogP contribution in [0.3, 0.4) is 0 Å². The minimum absolute atomic E-state index is 0.0465. The second-order valence-electron chi connectivity index (χ2n) is 5.44. The Kier molecular flexibility index (Phi) is 4.57. The molecule has 1 aliphatic carbocycles. The zero-order valence-electron chi connectivity index (χ0n) is 12.5. The number of aromatic nitrogens is 1. The number of pyridine rings is 1. The summed E-state index contributed by atoms with van der Waals surface area (Å²) in [5.41, 5.74) is 5.34. The molecule has 0 spiro atoms. The van der Waals surface area contributed by atoms with E-state index in [4.69, 9.17) is 0 Å². The molecular weight excluding hydrogens is 314 g/mol. The SMILES string of the molecule is O=C(NNC(=O)c1ccc[nH]c1=O)c1cc2c(s1)CCCCC2. The van der Waals surface area contributed by atoms with Gasteiger partial charge >= 0.3 is 0 Å². The quantitative estimate of drug-likeness (QED) is 0.579. The molecule has 2 aromatic rings. The number of H-pyrrole nitrogens is 1. The van der Waals surface area contributed by atoms with Gasteiger partial charge in [-0.15, -0.1) is 11.3 Å². The first-order valence-corrected chi connectivity index (χ1v) is 8.37. The zero-order valence-corrected chi connectivity index (χ0v) is 13.3. The van der Waals surface area contributed by atoms with E-state index in [0.29, 0.717) is 4.88 Å². The largest absolute Gasteiger partial charge is 0.328 e. The van der Waals surface area contributed by atoms with Crippen molar-refractivity contribution in [1.82, 2.24) is 15.8 Å². The molecule has 23 heavy (non-hydrogen) atoms. The second-order valence-corrected chi connectivity index (χ2v) is 6.58. The summed E-state index contributed by atoms with van der Waals surface area (Å²) >= 11 is 1.48. The lowest BCUT2D eigenvalue weighted by atomic mass is 10.1. The Labute approximate surface area is 136 Å². The van der Waals surface area contributed by atoms with Gasteiger partial charge in [-0.1, -0.05) is 6.42 Å². The number of aromatic amines is 1. The minimum atomic E-state index is -0.640. The molecule has 120 valence electrons. The van der Waals surface area contributed by atoms with E-state index >= 15 is 0 Å². The Bertz CT molecular complexity index is 770. The van der Waals surface area contributed by atoms with Crippen LogP contribution in [-0.4, -0.2) is 16.8 Å². The summed E-state index contributed by atoms with van der Waals surface area (Å²) in [6.45, 7) is 0. The maximum absolute atomic E-state index is 12.2. The Morgan fingerprint density at radius 2 is 1.87 bits per heavy atom. The maximum atomic E-state index is 12.2. The number of rotatable bonds is 2. The Morgan fingerprint density at radius 3 is 2.70 bits per heavy atom. The van der Waals surface area contributed by atoms with Crippen LogP contribution in [0.15, 0.2) is 29.2 Å². The number of nitrogens with one attached hydrogen (secondary N) is 3. The predicted molar refractivity (Wildman–Crippen MR) is 87.6 cm³/mol. The first kappa shape index (κ1) is 15.5. The Balaban J connectivity index is 1.65. The molecule has 0 aromatic carbocycles. The maximum Gasteiger partial charge on any atom is 0.279 e. The van der Waals surface area contributed by atoms with E-state index in [2.05, 4.69) is 15.8 Å². The van der Waals surface area contributed by atoms with Crippen molar-refractivity contribution in [3.8, 4) is 0 Å². The van der Waals surface area contributed by atoms with Crippen LogP contribution in [0.2, 0.25) is 0 Å². The average molecular weight is 331 g/mol. The molecule has 7 heteroatoms. The van der Waals surface area contributed by atoms with Gasteiger partial charge in [-0.25, -0.2) is 0 Å². The van der Waals surface area contributed by atoms with Crippen LogP contribution >= 0.6 is 11.3 Å². The van der Waals surface area contributed by atoms with Crippen LogP contribution in [-0.2, 0) is 12.8 Å². The van der Waals surface area contributed by atoms with Gasteiger partial charge in [0.05, 0.1) is 4.88 Å². The third-order valence-corrected chi connectivity index (χ3v) is 5.06. The van der Waals surface area contributed by atoms with E-state index < -0.39 is 11.5 Å².